The number of aliphatic hydroxyl groups is 1. The van der Waals surface area contributed by atoms with Gasteiger partial charge in [-0.2, -0.15) is 0 Å². The molecule has 4 heterocycles. The van der Waals surface area contributed by atoms with Gasteiger partial charge in [0.25, 0.3) is 5.67 Å². The van der Waals surface area contributed by atoms with Crippen LogP contribution in [0.4, 0.5) is 9.18 Å². The van der Waals surface area contributed by atoms with E-state index in [0.29, 0.717) is 25.8 Å². The van der Waals surface area contributed by atoms with Gasteiger partial charge in [-0.25, -0.2) is 14.0 Å². The Hall–Kier alpha value is -3.30. The number of Topliss-reactive ketones (excluding diaryl/α,β-unsaturated/α-hetero) is 2. The number of aromatic nitrogens is 1. The molecule has 0 saturated carbocycles. The predicted molar refractivity (Wildman–Crippen MR) is 206 cm³/mol. The highest BCUT2D eigenvalue weighted by Crippen LogP contribution is 2.44. The topological polar surface area (TPSA) is 163 Å². The number of hydrogen-bond acceptors (Lipinski definition) is 12. The predicted octanol–water partition coefficient (Wildman–Crippen LogP) is 5.48. The van der Waals surface area contributed by atoms with Gasteiger partial charge in [0.1, 0.15) is 18.0 Å². The van der Waals surface area contributed by atoms with Crippen LogP contribution in [0.1, 0.15) is 106 Å². The molecule has 2 N–H and O–H groups in total. The van der Waals surface area contributed by atoms with E-state index in [2.05, 4.69) is 23.8 Å². The van der Waals surface area contributed by atoms with Crippen molar-refractivity contribution in [2.75, 3.05) is 20.2 Å². The molecule has 0 aliphatic carbocycles. The highest BCUT2D eigenvalue weighted by Gasteiger charge is 2.61. The minimum Gasteiger partial charge on any atom is -0.455 e. The van der Waals surface area contributed by atoms with Gasteiger partial charge in [0, 0.05) is 56.4 Å². The lowest BCUT2D eigenvalue weighted by Crippen LogP contribution is -2.62. The van der Waals surface area contributed by atoms with E-state index < -0.39 is 89.2 Å². The maximum Gasteiger partial charge on any atom is 0.410 e. The summed E-state index contributed by atoms with van der Waals surface area (Å²) in [7, 11) is 1.40. The van der Waals surface area contributed by atoms with E-state index >= 15 is 4.39 Å². The lowest BCUT2D eigenvalue weighted by Gasteiger charge is -2.46. The lowest BCUT2D eigenvalue weighted by atomic mass is 9.73. The highest BCUT2D eigenvalue weighted by atomic mass is 19.1. The largest absolute Gasteiger partial charge is 0.455 e. The molecule has 4 rings (SSSR count). The molecule has 3 aliphatic rings. The second-order valence-electron chi connectivity index (χ2n) is 16.7. The summed E-state index contributed by atoms with van der Waals surface area (Å²) in [5.74, 6) is -5.64. The van der Waals surface area contributed by atoms with Crippen molar-refractivity contribution >= 4 is 23.6 Å². The fourth-order valence-electron chi connectivity index (χ4n) is 9.06. The van der Waals surface area contributed by atoms with E-state index in [1.54, 1.807) is 46.9 Å². The number of pyridine rings is 1. The average Bonchev–Trinajstić information content (AvgIpc) is 3.43. The van der Waals surface area contributed by atoms with Crippen molar-refractivity contribution in [3.63, 3.8) is 0 Å². The maximum absolute atomic E-state index is 16.9. The average molecular weight is 790 g/mol. The number of esters is 1. The summed E-state index contributed by atoms with van der Waals surface area (Å²) in [5, 5.41) is 14.6. The van der Waals surface area contributed by atoms with Gasteiger partial charge < -0.3 is 39.0 Å². The molecule has 1 amide bonds. The van der Waals surface area contributed by atoms with E-state index in [9.17, 15) is 24.3 Å². The van der Waals surface area contributed by atoms with Crippen LogP contribution in [0.2, 0.25) is 0 Å². The summed E-state index contributed by atoms with van der Waals surface area (Å²) in [4.78, 5) is 62.3. The van der Waals surface area contributed by atoms with Crippen LogP contribution in [0.15, 0.2) is 37.2 Å². The van der Waals surface area contributed by atoms with Crippen molar-refractivity contribution in [2.45, 2.75) is 160 Å². The first-order chi connectivity index (χ1) is 26.3. The normalized spacial score (nSPS) is 39.3. The number of cyclic esters (lactones) is 1. The van der Waals surface area contributed by atoms with Gasteiger partial charge in [0.2, 0.25) is 0 Å². The Morgan fingerprint density at radius 3 is 2.46 bits per heavy atom. The van der Waals surface area contributed by atoms with Crippen LogP contribution in [0.25, 0.3) is 0 Å². The number of alkyl halides is 1. The van der Waals surface area contributed by atoms with Crippen LogP contribution in [-0.2, 0) is 38.1 Å². The second-order valence-corrected chi connectivity index (χ2v) is 16.7. The van der Waals surface area contributed by atoms with Crippen LogP contribution in [0, 0.1) is 17.8 Å². The number of halogens is 1. The molecule has 14 heteroatoms. The monoisotopic (exact) mass is 789 g/mol. The van der Waals surface area contributed by atoms with Gasteiger partial charge in [0.05, 0.1) is 23.9 Å². The molecule has 0 radical (unpaired) electrons. The van der Waals surface area contributed by atoms with Gasteiger partial charge >= 0.3 is 12.1 Å². The third-order valence-corrected chi connectivity index (χ3v) is 12.4. The smallest absolute Gasteiger partial charge is 0.410 e. The number of amides is 1. The standard InChI is InChI=1S/C42H64FN3O10/c1-12-18-45-30-21-26(5)53-37(33(30)48)55-36-28(7)35(49)41(9,43)38(50)54-31(13-2)42(10)34(27(6)32(47)25(4)22-40(36,8)52-11)46(39(51)56-42)20-15-16-24(3)29-17-14-19-44-23-29/h12,14,17,19,23-28,30-31,33-34,36-37,45,48H,1,13,15-16,18,20-22H2,2-11H3/t24?,25-,26-,27+,28+,30+,31-,33+,34?,36-,37+,40-,41+,42-/m1/s1. The fourth-order valence-corrected chi connectivity index (χ4v) is 9.06. The molecule has 3 saturated heterocycles. The minimum absolute atomic E-state index is 0.00299. The number of nitrogens with one attached hydrogen (secondary N) is 1. The van der Waals surface area contributed by atoms with E-state index in [1.807, 2.05) is 25.3 Å². The molecule has 314 valence electrons. The molecule has 3 aliphatic heterocycles. The molecule has 14 atom stereocenters. The van der Waals surface area contributed by atoms with E-state index in [0.717, 1.165) is 12.5 Å². The molecular formula is C42H64FN3O10. The minimum atomic E-state index is -3.18. The molecule has 0 spiro atoms. The highest BCUT2D eigenvalue weighted by molar-refractivity contribution is 6.08. The van der Waals surface area contributed by atoms with Gasteiger partial charge in [-0.15, -0.1) is 6.58 Å². The zero-order chi connectivity index (χ0) is 41.7. The number of aliphatic hydroxyl groups excluding tert-OH is 1. The Morgan fingerprint density at radius 1 is 1.16 bits per heavy atom. The molecule has 13 nitrogen and oxygen atoms in total. The zero-order valence-electron chi connectivity index (χ0n) is 34.8. The maximum atomic E-state index is 16.9. The van der Waals surface area contributed by atoms with E-state index in [-0.39, 0.29) is 37.2 Å². The van der Waals surface area contributed by atoms with E-state index in [1.165, 1.54) is 18.9 Å². The van der Waals surface area contributed by atoms with Crippen molar-refractivity contribution in [3.8, 4) is 0 Å². The van der Waals surface area contributed by atoms with Gasteiger partial charge in [-0.1, -0.05) is 46.8 Å². The number of carbonyl (C=O) groups excluding carboxylic acids is 4. The number of rotatable bonds is 12. The number of ether oxygens (including phenoxy) is 5. The van der Waals surface area contributed by atoms with Crippen LogP contribution in [0.5, 0.6) is 0 Å². The molecule has 56 heavy (non-hydrogen) atoms. The fraction of sp³-hybridized carbons (Fsp3) is 0.738. The Balaban J connectivity index is 1.74. The number of ketones is 2. The number of fused-ring (bicyclic) bond motifs is 1. The first-order valence-corrected chi connectivity index (χ1v) is 20.0. The van der Waals surface area contributed by atoms with Crippen LogP contribution >= 0.6 is 0 Å². The Bertz CT molecular complexity index is 1550. The lowest BCUT2D eigenvalue weighted by molar-refractivity contribution is -0.290. The SMILES string of the molecule is C=CCN[C@H]1C[C@@H](C)O[C@@H](O[C@@H]2[C@@H](C)C(=O)[C@](C)(F)C(=O)O[C@H](CC)[C@@]3(C)OC(=O)N(CCCC(C)c4cccnc4)C3[C@@H](C)C(=O)[C@H](C)C[C@@]2(C)OC)[C@H]1O. The van der Waals surface area contributed by atoms with Gasteiger partial charge in [-0.05, 0) is 77.3 Å². The van der Waals surface area contributed by atoms with Crippen LogP contribution < -0.4 is 5.32 Å². The molecule has 0 aromatic carbocycles. The molecule has 3 fully saturated rings. The quantitative estimate of drug-likeness (QED) is 0.156. The van der Waals surface area contributed by atoms with Crippen molar-refractivity contribution in [2.24, 2.45) is 17.8 Å². The number of hydrogen-bond donors (Lipinski definition) is 2. The summed E-state index contributed by atoms with van der Waals surface area (Å²) < 4.78 is 47.4. The summed E-state index contributed by atoms with van der Waals surface area (Å²) >= 11 is 0. The summed E-state index contributed by atoms with van der Waals surface area (Å²) in [6.07, 6.45) is 0.943. The first kappa shape index (κ1) is 45.4. The number of carbonyl (C=O) groups is 4. The second kappa shape index (κ2) is 18.5. The van der Waals surface area contributed by atoms with Gasteiger partial charge in [0.15, 0.2) is 17.7 Å². The Labute approximate surface area is 331 Å². The Morgan fingerprint density at radius 2 is 1.86 bits per heavy atom. The summed E-state index contributed by atoms with van der Waals surface area (Å²) in [6.45, 7) is 19.0. The van der Waals surface area contributed by atoms with E-state index in [4.69, 9.17) is 23.7 Å². The van der Waals surface area contributed by atoms with Crippen LogP contribution in [0.3, 0.4) is 0 Å². The van der Waals surface area contributed by atoms with Crippen molar-refractivity contribution in [1.29, 1.82) is 0 Å². The molecular weight excluding hydrogens is 725 g/mol. The van der Waals surface area contributed by atoms with Gasteiger partial charge in [-0.3, -0.25) is 14.6 Å². The van der Waals surface area contributed by atoms with Crippen molar-refractivity contribution in [3.05, 3.63) is 42.7 Å². The van der Waals surface area contributed by atoms with Crippen molar-refractivity contribution in [1.82, 2.24) is 15.2 Å². The number of methoxy groups -OCH3 is 1. The Kier molecular flexibility index (Phi) is 15.0. The first-order valence-electron chi connectivity index (χ1n) is 20.0. The summed E-state index contributed by atoms with van der Waals surface area (Å²) in [6, 6.07) is 2.50. The summed E-state index contributed by atoms with van der Waals surface area (Å²) in [5.41, 5.74) is -5.15. The zero-order valence-corrected chi connectivity index (χ0v) is 34.8. The molecule has 1 aromatic heterocycles. The molecule has 2 unspecified atom stereocenters. The van der Waals surface area contributed by atoms with Crippen LogP contribution in [-0.4, -0.2) is 118 Å². The third kappa shape index (κ3) is 9.36. The third-order valence-electron chi connectivity index (χ3n) is 12.4. The molecule has 0 bridgehead atoms. The molecule has 1 aromatic rings. The number of nitrogens with zero attached hydrogens (tertiary/aromatic N) is 2. The van der Waals surface area contributed by atoms with Crippen molar-refractivity contribution < 1.29 is 52.4 Å².